The van der Waals surface area contributed by atoms with Gasteiger partial charge in [-0.1, -0.05) is 0 Å². The number of fused-ring (bicyclic) bond motifs is 1. The van der Waals surface area contributed by atoms with Crippen molar-refractivity contribution >= 4 is 28.4 Å². The molecule has 0 aliphatic heterocycles. The minimum absolute atomic E-state index is 0.338. The maximum Gasteiger partial charge on any atom is 0.341 e. The van der Waals surface area contributed by atoms with E-state index in [9.17, 15) is 4.79 Å². The van der Waals surface area contributed by atoms with E-state index in [2.05, 4.69) is 20.1 Å². The number of ether oxygens (including phenoxy) is 2. The smallest absolute Gasteiger partial charge is 0.341 e. The van der Waals surface area contributed by atoms with Gasteiger partial charge in [0.25, 0.3) is 0 Å². The summed E-state index contributed by atoms with van der Waals surface area (Å²) in [7, 11) is 2.79. The van der Waals surface area contributed by atoms with Gasteiger partial charge < -0.3 is 20.9 Å². The standard InChI is InChI=1S/C9H11NO3.C6H6N4/c1-12-8-4-3-6(10)5-7(8)9(11)13-2;7-4-1-2-5-6(3-4)9-10-8-5/h3-5H,10H2,1-2H3;1-3H,7H2,(H,8,9,10). The predicted molar refractivity (Wildman–Crippen MR) is 87.0 cm³/mol. The number of aromatic amines is 1. The van der Waals surface area contributed by atoms with E-state index in [1.165, 1.54) is 20.3 Å². The molecule has 3 rings (SSSR count). The lowest BCUT2D eigenvalue weighted by Gasteiger charge is -2.06. The molecule has 8 nitrogen and oxygen atoms in total. The van der Waals surface area contributed by atoms with Gasteiger partial charge in [-0.25, -0.2) is 4.79 Å². The lowest BCUT2D eigenvalue weighted by atomic mass is 10.2. The molecule has 2 aromatic carbocycles. The molecular weight excluding hydrogens is 298 g/mol. The molecule has 0 aliphatic rings. The number of methoxy groups -OCH3 is 2. The number of anilines is 2. The van der Waals surface area contributed by atoms with Gasteiger partial charge in [-0.2, -0.15) is 15.4 Å². The molecule has 1 aromatic heterocycles. The van der Waals surface area contributed by atoms with Crippen LogP contribution in [-0.4, -0.2) is 35.6 Å². The summed E-state index contributed by atoms with van der Waals surface area (Å²) in [6, 6.07) is 10.2. The molecule has 0 spiro atoms. The molecule has 23 heavy (non-hydrogen) atoms. The Morgan fingerprint density at radius 1 is 1.00 bits per heavy atom. The van der Waals surface area contributed by atoms with Gasteiger partial charge in [0.15, 0.2) is 0 Å². The van der Waals surface area contributed by atoms with Crippen LogP contribution >= 0.6 is 0 Å². The van der Waals surface area contributed by atoms with Crippen LogP contribution in [0, 0.1) is 0 Å². The van der Waals surface area contributed by atoms with E-state index < -0.39 is 5.97 Å². The van der Waals surface area contributed by atoms with E-state index in [0.717, 1.165) is 11.0 Å². The van der Waals surface area contributed by atoms with E-state index in [1.807, 2.05) is 6.07 Å². The largest absolute Gasteiger partial charge is 0.496 e. The van der Waals surface area contributed by atoms with Crippen LogP contribution in [0.4, 0.5) is 11.4 Å². The number of aromatic nitrogens is 3. The molecule has 5 N–H and O–H groups in total. The van der Waals surface area contributed by atoms with Crippen LogP contribution in [0.15, 0.2) is 36.4 Å². The number of rotatable bonds is 2. The van der Waals surface area contributed by atoms with E-state index >= 15 is 0 Å². The van der Waals surface area contributed by atoms with Crippen LogP contribution in [0.25, 0.3) is 11.0 Å². The van der Waals surface area contributed by atoms with Crippen LogP contribution < -0.4 is 16.2 Å². The van der Waals surface area contributed by atoms with Crippen LogP contribution in [0.1, 0.15) is 10.4 Å². The third kappa shape index (κ3) is 3.88. The number of H-pyrrole nitrogens is 1. The molecule has 0 atom stereocenters. The molecule has 3 aromatic rings. The van der Waals surface area contributed by atoms with Crippen molar-refractivity contribution in [3.63, 3.8) is 0 Å². The summed E-state index contributed by atoms with van der Waals surface area (Å²) < 4.78 is 9.53. The Morgan fingerprint density at radius 2 is 1.65 bits per heavy atom. The minimum atomic E-state index is -0.454. The average Bonchev–Trinajstić information content (AvgIpc) is 3.02. The number of esters is 1. The van der Waals surface area contributed by atoms with Gasteiger partial charge >= 0.3 is 5.97 Å². The van der Waals surface area contributed by atoms with Crippen molar-refractivity contribution in [3.8, 4) is 5.75 Å². The van der Waals surface area contributed by atoms with Gasteiger partial charge in [0.05, 0.1) is 14.2 Å². The Bertz CT molecular complexity index is 816. The van der Waals surface area contributed by atoms with Crippen molar-refractivity contribution in [1.82, 2.24) is 15.4 Å². The molecule has 0 fully saturated rings. The molecular formula is C15H17N5O3. The average molecular weight is 315 g/mol. The Labute approximate surface area is 132 Å². The number of nitrogen functional groups attached to an aromatic ring is 2. The van der Waals surface area contributed by atoms with E-state index in [1.54, 1.807) is 24.3 Å². The summed E-state index contributed by atoms with van der Waals surface area (Å²) in [6.07, 6.45) is 0. The van der Waals surface area contributed by atoms with E-state index in [-0.39, 0.29) is 0 Å². The number of hydrogen-bond donors (Lipinski definition) is 3. The predicted octanol–water partition coefficient (Wildman–Crippen LogP) is 1.60. The zero-order valence-electron chi connectivity index (χ0n) is 12.7. The first-order valence-electron chi connectivity index (χ1n) is 6.63. The number of benzene rings is 2. The molecule has 0 saturated carbocycles. The molecule has 0 saturated heterocycles. The summed E-state index contributed by atoms with van der Waals surface area (Å²) >= 11 is 0. The second kappa shape index (κ2) is 7.12. The maximum atomic E-state index is 11.2. The topological polar surface area (TPSA) is 129 Å². The lowest BCUT2D eigenvalue weighted by molar-refractivity contribution is 0.0597. The lowest BCUT2D eigenvalue weighted by Crippen LogP contribution is -2.04. The van der Waals surface area contributed by atoms with Crippen molar-refractivity contribution in [1.29, 1.82) is 0 Å². The van der Waals surface area contributed by atoms with Gasteiger partial charge in [0, 0.05) is 11.4 Å². The molecule has 0 unspecified atom stereocenters. The zero-order valence-corrected chi connectivity index (χ0v) is 12.7. The summed E-state index contributed by atoms with van der Waals surface area (Å²) in [6.45, 7) is 0. The quantitative estimate of drug-likeness (QED) is 0.484. The highest BCUT2D eigenvalue weighted by atomic mass is 16.5. The summed E-state index contributed by atoms with van der Waals surface area (Å²) in [5.74, 6) is 0.00481. The highest BCUT2D eigenvalue weighted by Gasteiger charge is 2.12. The van der Waals surface area contributed by atoms with Gasteiger partial charge in [-0.05, 0) is 36.4 Å². The normalized spacial score (nSPS) is 9.83. The molecule has 0 radical (unpaired) electrons. The fourth-order valence-electron chi connectivity index (χ4n) is 1.85. The molecule has 1 heterocycles. The Balaban J connectivity index is 0.000000172. The van der Waals surface area contributed by atoms with Crippen LogP contribution in [0.3, 0.4) is 0 Å². The van der Waals surface area contributed by atoms with Crippen molar-refractivity contribution in [2.45, 2.75) is 0 Å². The highest BCUT2D eigenvalue weighted by Crippen LogP contribution is 2.21. The zero-order chi connectivity index (χ0) is 16.8. The fraction of sp³-hybridized carbons (Fsp3) is 0.133. The molecule has 0 bridgehead atoms. The maximum absolute atomic E-state index is 11.2. The molecule has 8 heteroatoms. The Hall–Kier alpha value is -3.29. The molecule has 0 amide bonds. The van der Waals surface area contributed by atoms with Crippen LogP contribution in [-0.2, 0) is 4.74 Å². The third-order valence-electron chi connectivity index (χ3n) is 2.97. The number of nitrogens with zero attached hydrogens (tertiary/aromatic N) is 2. The van der Waals surface area contributed by atoms with Crippen molar-refractivity contribution in [3.05, 3.63) is 42.0 Å². The SMILES string of the molecule is COC(=O)c1cc(N)ccc1OC.Nc1ccc2n[nH]nc2c1. The van der Waals surface area contributed by atoms with Crippen LogP contribution in [0.2, 0.25) is 0 Å². The first-order valence-corrected chi connectivity index (χ1v) is 6.63. The number of nitrogens with two attached hydrogens (primary N) is 2. The van der Waals surface area contributed by atoms with Gasteiger partial charge in [0.1, 0.15) is 22.3 Å². The van der Waals surface area contributed by atoms with Crippen LogP contribution in [0.5, 0.6) is 5.75 Å². The number of carbonyl (C=O) groups excluding carboxylic acids is 1. The van der Waals surface area contributed by atoms with Crippen molar-refractivity contribution in [2.75, 3.05) is 25.7 Å². The second-order valence-electron chi connectivity index (χ2n) is 4.52. The number of hydrogen-bond acceptors (Lipinski definition) is 7. The Kier molecular flexibility index (Phi) is 4.98. The second-order valence-corrected chi connectivity index (χ2v) is 4.52. The van der Waals surface area contributed by atoms with Crippen molar-refractivity contribution in [2.24, 2.45) is 0 Å². The summed E-state index contributed by atoms with van der Waals surface area (Å²) in [4.78, 5) is 11.2. The summed E-state index contributed by atoms with van der Waals surface area (Å²) in [5, 5.41) is 10.2. The first kappa shape index (κ1) is 16.1. The monoisotopic (exact) mass is 315 g/mol. The summed E-state index contributed by atoms with van der Waals surface area (Å²) in [5.41, 5.74) is 14.2. The number of nitrogens with one attached hydrogen (secondary N) is 1. The van der Waals surface area contributed by atoms with Gasteiger partial charge in [-0.15, -0.1) is 0 Å². The number of carbonyl (C=O) groups is 1. The van der Waals surface area contributed by atoms with Gasteiger partial charge in [0.2, 0.25) is 0 Å². The first-order chi connectivity index (χ1) is 11.0. The van der Waals surface area contributed by atoms with E-state index in [0.29, 0.717) is 22.7 Å². The highest BCUT2D eigenvalue weighted by molar-refractivity contribution is 5.93. The van der Waals surface area contributed by atoms with E-state index in [4.69, 9.17) is 16.2 Å². The molecule has 0 aliphatic carbocycles. The van der Waals surface area contributed by atoms with Gasteiger partial charge in [-0.3, -0.25) is 0 Å². The molecule has 120 valence electrons. The van der Waals surface area contributed by atoms with Crippen molar-refractivity contribution < 1.29 is 14.3 Å². The minimum Gasteiger partial charge on any atom is -0.496 e. The Morgan fingerprint density at radius 3 is 2.35 bits per heavy atom. The fourth-order valence-corrected chi connectivity index (χ4v) is 1.85. The third-order valence-corrected chi connectivity index (χ3v) is 2.97.